The van der Waals surface area contributed by atoms with Crippen molar-refractivity contribution in [1.82, 2.24) is 15.5 Å². The molecule has 2 heterocycles. The van der Waals surface area contributed by atoms with Crippen molar-refractivity contribution in [2.45, 2.75) is 13.0 Å². The maximum absolute atomic E-state index is 11.7. The first kappa shape index (κ1) is 9.93. The Hall–Kier alpha value is -0.610. The van der Waals surface area contributed by atoms with Gasteiger partial charge in [-0.25, -0.2) is 0 Å². The van der Waals surface area contributed by atoms with Gasteiger partial charge < -0.3 is 15.5 Å². The Morgan fingerprint density at radius 2 is 2.14 bits per heavy atom. The lowest BCUT2D eigenvalue weighted by Crippen LogP contribution is -2.59. The minimum atomic E-state index is 0.169. The van der Waals surface area contributed by atoms with Gasteiger partial charge in [-0.15, -0.1) is 0 Å². The maximum Gasteiger partial charge on any atom is 0.223 e. The number of carbonyl (C=O) groups excluding carboxylic acids is 1. The number of likely N-dealkylation sites (N-methyl/N-ethyl adjacent to an activating group) is 1. The van der Waals surface area contributed by atoms with Crippen molar-refractivity contribution >= 4 is 5.91 Å². The second kappa shape index (κ2) is 3.87. The van der Waals surface area contributed by atoms with Crippen LogP contribution in [0, 0.1) is 11.8 Å². The normalized spacial score (nSPS) is 26.4. The number of hydrogen-bond donors (Lipinski definition) is 2. The molecule has 2 saturated heterocycles. The number of hydrogen-bond acceptors (Lipinski definition) is 3. The third kappa shape index (κ3) is 1.91. The summed E-state index contributed by atoms with van der Waals surface area (Å²) in [6.07, 6.45) is 0. The Kier molecular flexibility index (Phi) is 2.74. The number of nitrogens with one attached hydrogen (secondary N) is 2. The molecule has 0 bridgehead atoms. The van der Waals surface area contributed by atoms with Gasteiger partial charge in [0.15, 0.2) is 0 Å². The van der Waals surface area contributed by atoms with Crippen LogP contribution in [0.5, 0.6) is 0 Å². The summed E-state index contributed by atoms with van der Waals surface area (Å²) < 4.78 is 0. The van der Waals surface area contributed by atoms with Crippen molar-refractivity contribution in [2.24, 2.45) is 11.8 Å². The average Bonchev–Trinajstić information content (AvgIpc) is 1.98. The van der Waals surface area contributed by atoms with E-state index in [0.29, 0.717) is 12.0 Å². The largest absolute Gasteiger partial charge is 0.351 e. The Morgan fingerprint density at radius 1 is 1.50 bits per heavy atom. The van der Waals surface area contributed by atoms with Gasteiger partial charge in [0, 0.05) is 19.0 Å². The Morgan fingerprint density at radius 3 is 2.57 bits per heavy atom. The Labute approximate surface area is 85.0 Å². The number of amides is 1. The van der Waals surface area contributed by atoms with E-state index >= 15 is 0 Å². The zero-order valence-electron chi connectivity index (χ0n) is 8.92. The van der Waals surface area contributed by atoms with Gasteiger partial charge in [0.05, 0.1) is 6.04 Å². The van der Waals surface area contributed by atoms with Crippen LogP contribution in [0.25, 0.3) is 0 Å². The van der Waals surface area contributed by atoms with Crippen LogP contribution in [0.2, 0.25) is 0 Å². The van der Waals surface area contributed by atoms with Gasteiger partial charge in [0.25, 0.3) is 0 Å². The highest BCUT2D eigenvalue weighted by Gasteiger charge is 2.31. The average molecular weight is 197 g/mol. The van der Waals surface area contributed by atoms with Crippen LogP contribution in [-0.2, 0) is 4.79 Å². The molecule has 1 unspecified atom stereocenters. The van der Waals surface area contributed by atoms with E-state index in [2.05, 4.69) is 22.6 Å². The fraction of sp³-hybridized carbons (Fsp3) is 0.900. The van der Waals surface area contributed by atoms with Crippen LogP contribution in [0.4, 0.5) is 0 Å². The first-order chi connectivity index (χ1) is 6.66. The van der Waals surface area contributed by atoms with Crippen LogP contribution in [0.1, 0.15) is 6.92 Å². The fourth-order valence-electron chi connectivity index (χ4n) is 2.00. The van der Waals surface area contributed by atoms with Gasteiger partial charge in [-0.1, -0.05) is 6.92 Å². The highest BCUT2D eigenvalue weighted by Crippen LogP contribution is 2.16. The topological polar surface area (TPSA) is 44.4 Å². The quantitative estimate of drug-likeness (QED) is 0.627. The predicted octanol–water partition coefficient (Wildman–Crippen LogP) is -0.728. The van der Waals surface area contributed by atoms with Gasteiger partial charge in [-0.3, -0.25) is 4.79 Å². The van der Waals surface area contributed by atoms with Gasteiger partial charge in [0.2, 0.25) is 5.91 Å². The number of carbonyl (C=O) groups is 1. The minimum absolute atomic E-state index is 0.169. The lowest BCUT2D eigenvalue weighted by Gasteiger charge is -2.38. The van der Waals surface area contributed by atoms with Gasteiger partial charge in [0.1, 0.15) is 0 Å². The van der Waals surface area contributed by atoms with Crippen molar-refractivity contribution in [3.8, 4) is 0 Å². The molecule has 14 heavy (non-hydrogen) atoms. The summed E-state index contributed by atoms with van der Waals surface area (Å²) in [5.41, 5.74) is 0. The molecule has 80 valence electrons. The molecular weight excluding hydrogens is 178 g/mol. The van der Waals surface area contributed by atoms with Crippen molar-refractivity contribution in [3.05, 3.63) is 0 Å². The van der Waals surface area contributed by atoms with E-state index < -0.39 is 0 Å². The summed E-state index contributed by atoms with van der Waals surface area (Å²) in [5.74, 6) is 0.949. The molecule has 1 atom stereocenters. The molecule has 0 aromatic heterocycles. The molecule has 0 saturated carbocycles. The van der Waals surface area contributed by atoms with E-state index in [1.807, 2.05) is 6.92 Å². The molecule has 0 aromatic rings. The minimum Gasteiger partial charge on any atom is -0.351 e. The van der Waals surface area contributed by atoms with Crippen LogP contribution >= 0.6 is 0 Å². The lowest BCUT2D eigenvalue weighted by molar-refractivity contribution is -0.128. The van der Waals surface area contributed by atoms with E-state index in [9.17, 15) is 4.79 Å². The van der Waals surface area contributed by atoms with Crippen LogP contribution in [0.3, 0.4) is 0 Å². The Balaban J connectivity index is 1.71. The van der Waals surface area contributed by atoms with Crippen molar-refractivity contribution in [2.75, 3.05) is 33.2 Å². The first-order valence-corrected chi connectivity index (χ1v) is 5.36. The van der Waals surface area contributed by atoms with Gasteiger partial charge in [-0.2, -0.15) is 0 Å². The number of nitrogens with zero attached hydrogens (tertiary/aromatic N) is 1. The molecule has 0 spiro atoms. The molecule has 2 fully saturated rings. The zero-order chi connectivity index (χ0) is 10.1. The molecule has 2 aliphatic rings. The van der Waals surface area contributed by atoms with E-state index in [1.165, 1.54) is 0 Å². The van der Waals surface area contributed by atoms with Gasteiger partial charge in [-0.05, 0) is 26.1 Å². The maximum atomic E-state index is 11.7. The predicted molar refractivity (Wildman–Crippen MR) is 55.0 cm³/mol. The van der Waals surface area contributed by atoms with Crippen LogP contribution in [0.15, 0.2) is 0 Å². The van der Waals surface area contributed by atoms with E-state index in [0.717, 1.165) is 26.2 Å². The molecule has 0 radical (unpaired) electrons. The molecule has 2 rings (SSSR count). The summed E-state index contributed by atoms with van der Waals surface area (Å²) in [7, 11) is 2.07. The second-order valence-corrected chi connectivity index (χ2v) is 4.63. The summed E-state index contributed by atoms with van der Waals surface area (Å²) in [6.45, 7) is 6.03. The van der Waals surface area contributed by atoms with E-state index in [-0.39, 0.29) is 11.8 Å². The fourth-order valence-corrected chi connectivity index (χ4v) is 2.00. The zero-order valence-corrected chi connectivity index (χ0v) is 8.92. The third-order valence-corrected chi connectivity index (χ3v) is 3.34. The van der Waals surface area contributed by atoms with Gasteiger partial charge >= 0.3 is 0 Å². The summed E-state index contributed by atoms with van der Waals surface area (Å²) in [6, 6.07) is 0.392. The summed E-state index contributed by atoms with van der Waals surface area (Å²) in [5, 5.41) is 6.28. The first-order valence-electron chi connectivity index (χ1n) is 5.36. The van der Waals surface area contributed by atoms with Crippen molar-refractivity contribution in [1.29, 1.82) is 0 Å². The summed E-state index contributed by atoms with van der Waals surface area (Å²) in [4.78, 5) is 13.9. The smallest absolute Gasteiger partial charge is 0.223 e. The van der Waals surface area contributed by atoms with E-state index in [1.54, 1.807) is 0 Å². The highest BCUT2D eigenvalue weighted by atomic mass is 16.2. The molecule has 0 aliphatic carbocycles. The van der Waals surface area contributed by atoms with Crippen molar-refractivity contribution in [3.63, 3.8) is 0 Å². The molecule has 0 aromatic carbocycles. The lowest BCUT2D eigenvalue weighted by atomic mass is 9.88. The molecule has 1 amide bonds. The molecule has 2 aliphatic heterocycles. The molecule has 2 N–H and O–H groups in total. The monoisotopic (exact) mass is 197 g/mol. The Bertz CT molecular complexity index is 221. The summed E-state index contributed by atoms with van der Waals surface area (Å²) >= 11 is 0. The third-order valence-electron chi connectivity index (χ3n) is 3.34. The van der Waals surface area contributed by atoms with Crippen LogP contribution in [-0.4, -0.2) is 50.1 Å². The molecule has 4 heteroatoms. The van der Waals surface area contributed by atoms with E-state index in [4.69, 9.17) is 0 Å². The number of rotatable bonds is 3. The molecule has 4 nitrogen and oxygen atoms in total. The number of likely N-dealkylation sites (tertiary alicyclic amines) is 1. The second-order valence-electron chi connectivity index (χ2n) is 4.63. The SMILES string of the molecule is CC(C(=O)NC1CN(C)C1)C1CNC1. The van der Waals surface area contributed by atoms with Crippen LogP contribution < -0.4 is 10.6 Å². The van der Waals surface area contributed by atoms with Crippen molar-refractivity contribution < 1.29 is 4.79 Å². The molecular formula is C10H19N3O. The highest BCUT2D eigenvalue weighted by molar-refractivity contribution is 5.79. The standard InChI is InChI=1S/C10H19N3O/c1-7(8-3-11-4-8)10(14)12-9-5-13(2)6-9/h7-9,11H,3-6H2,1-2H3,(H,12,14).